The number of fused-ring (bicyclic) bond motifs is 1. The molecule has 0 aliphatic carbocycles. The number of hydrogen-bond acceptors (Lipinski definition) is 10. The molecule has 4 atom stereocenters. The van der Waals surface area contributed by atoms with Crippen LogP contribution in [-0.4, -0.2) is 65.2 Å². The van der Waals surface area contributed by atoms with Gasteiger partial charge < -0.3 is 29.7 Å². The van der Waals surface area contributed by atoms with E-state index >= 15 is 0 Å². The fourth-order valence-electron chi connectivity index (χ4n) is 4.31. The fraction of sp³-hybridized carbons (Fsp3) is 0.240. The molecule has 41 heavy (non-hydrogen) atoms. The van der Waals surface area contributed by atoms with Gasteiger partial charge in [0.2, 0.25) is 0 Å². The van der Waals surface area contributed by atoms with E-state index in [0.29, 0.717) is 0 Å². The molecule has 0 saturated carbocycles. The van der Waals surface area contributed by atoms with Crippen LogP contribution in [0.4, 0.5) is 14.6 Å². The number of halogens is 2. The van der Waals surface area contributed by atoms with Gasteiger partial charge in [0.05, 0.1) is 23.9 Å². The second kappa shape index (κ2) is 10.9. The number of rotatable bonds is 8. The van der Waals surface area contributed by atoms with Crippen molar-refractivity contribution >= 4 is 36.5 Å². The number of aromatic nitrogens is 4. The number of anilines is 1. The Labute approximate surface area is 230 Å². The lowest BCUT2D eigenvalue weighted by Crippen LogP contribution is -2.41. The Morgan fingerprint density at radius 1 is 0.951 bits per heavy atom. The van der Waals surface area contributed by atoms with Gasteiger partial charge >= 0.3 is 25.2 Å². The first-order valence-corrected chi connectivity index (χ1v) is 13.6. The molecule has 214 valence electrons. The minimum atomic E-state index is -5.98. The van der Waals surface area contributed by atoms with Crippen LogP contribution in [0.5, 0.6) is 0 Å². The van der Waals surface area contributed by atoms with Crippen LogP contribution in [0.15, 0.2) is 73.3 Å². The van der Waals surface area contributed by atoms with Gasteiger partial charge in [0.1, 0.15) is 17.9 Å². The number of hydrogen-bond donors (Lipinski definition) is 3. The molecule has 16 heteroatoms. The lowest BCUT2D eigenvalue weighted by molar-refractivity contribution is -0.0715. The molecule has 0 radical (unpaired) electrons. The van der Waals surface area contributed by atoms with E-state index in [1.54, 1.807) is 36.4 Å². The summed E-state index contributed by atoms with van der Waals surface area (Å²) < 4.78 is 59.3. The highest BCUT2D eigenvalue weighted by atomic mass is 31.2. The highest BCUT2D eigenvalue weighted by molar-refractivity contribution is 7.53. The number of esters is 2. The first kappa shape index (κ1) is 28.2. The average molecular weight is 589 g/mol. The van der Waals surface area contributed by atoms with Crippen molar-refractivity contribution in [2.45, 2.75) is 36.6 Å². The van der Waals surface area contributed by atoms with Crippen LogP contribution >= 0.6 is 7.60 Å². The number of nitrogen functional groups attached to an aromatic ring is 1. The topological polar surface area (TPSA) is 189 Å². The number of carbonyl (C=O) groups is 2. The Balaban J connectivity index is 1.59. The van der Waals surface area contributed by atoms with Crippen LogP contribution in [0, 0.1) is 0 Å². The summed E-state index contributed by atoms with van der Waals surface area (Å²) in [6.07, 6.45) is -6.00. The van der Waals surface area contributed by atoms with E-state index < -0.39 is 56.2 Å². The number of nitrogens with zero attached hydrogens (tertiary/aromatic N) is 4. The maximum atomic E-state index is 14.7. The lowest BCUT2D eigenvalue weighted by Gasteiger charge is -2.26. The smallest absolute Gasteiger partial charge is 0.394 e. The lowest BCUT2D eigenvalue weighted by atomic mass is 10.1. The summed E-state index contributed by atoms with van der Waals surface area (Å²) in [5, 5.41) is 0. The largest absolute Gasteiger partial charge is 0.452 e. The molecular weight excluding hydrogens is 567 g/mol. The van der Waals surface area contributed by atoms with Gasteiger partial charge in [0, 0.05) is 0 Å². The van der Waals surface area contributed by atoms with Crippen molar-refractivity contribution in [3.05, 3.63) is 84.4 Å². The van der Waals surface area contributed by atoms with Crippen molar-refractivity contribution in [3.8, 4) is 0 Å². The summed E-state index contributed by atoms with van der Waals surface area (Å²) >= 11 is 0. The van der Waals surface area contributed by atoms with Gasteiger partial charge in [-0.05, 0) is 24.3 Å². The molecule has 0 bridgehead atoms. The van der Waals surface area contributed by atoms with E-state index in [4.69, 9.17) is 19.9 Å². The standard InChI is InChI=1S/C25H22F2N5O8P/c26-25(27,41(35,36)37)11-16-18(39-23(33)14-7-3-1-4-8-14)19(40-24(34)15-9-5-2-6-10-15)22(38-16)32-13-31-17-20(28)29-12-30-21(17)32/h1-10,12-13,16,18-19,22H,11H2,(H2,28,29,30)(H2,35,36,37)/t16-,18-,19-,22-/m1/s1. The normalized spacial score (nSPS) is 21.1. The molecule has 4 aromatic rings. The van der Waals surface area contributed by atoms with E-state index in [9.17, 15) is 32.7 Å². The Morgan fingerprint density at radius 2 is 1.51 bits per heavy atom. The van der Waals surface area contributed by atoms with E-state index in [1.165, 1.54) is 35.2 Å². The molecule has 1 aliphatic heterocycles. The third-order valence-electron chi connectivity index (χ3n) is 6.32. The Bertz CT molecular complexity index is 1620. The second-order valence-electron chi connectivity index (χ2n) is 9.03. The van der Waals surface area contributed by atoms with Gasteiger partial charge in [-0.25, -0.2) is 24.5 Å². The molecule has 2 aromatic carbocycles. The fourth-order valence-corrected chi connectivity index (χ4v) is 4.73. The van der Waals surface area contributed by atoms with Crippen molar-refractivity contribution in [1.29, 1.82) is 0 Å². The second-order valence-corrected chi connectivity index (χ2v) is 10.8. The van der Waals surface area contributed by atoms with E-state index in [2.05, 4.69) is 15.0 Å². The van der Waals surface area contributed by atoms with Crippen molar-refractivity contribution in [2.75, 3.05) is 5.73 Å². The quantitative estimate of drug-likeness (QED) is 0.202. The minimum absolute atomic E-state index is 0.0128. The summed E-state index contributed by atoms with van der Waals surface area (Å²) in [6.45, 7) is 0. The van der Waals surface area contributed by atoms with Crippen LogP contribution in [0.1, 0.15) is 33.4 Å². The third-order valence-corrected chi connectivity index (χ3v) is 7.36. The molecule has 4 N–H and O–H groups in total. The summed E-state index contributed by atoms with van der Waals surface area (Å²) in [5.41, 5.74) is 1.60. The molecular formula is C25H22F2N5O8P. The first-order valence-electron chi connectivity index (χ1n) is 12.0. The Morgan fingerprint density at radius 3 is 2.07 bits per heavy atom. The maximum Gasteiger partial charge on any atom is 0.394 e. The summed E-state index contributed by atoms with van der Waals surface area (Å²) in [6, 6.07) is 15.2. The SMILES string of the molecule is Nc1ncnc2c1ncn2[C@@H]1O[C@H](CC(F)(F)P(=O)(O)O)[C@@H](OC(=O)c2ccccc2)[C@H]1OC(=O)c1ccccc1. The number of alkyl halides is 2. The first-order chi connectivity index (χ1) is 19.5. The molecule has 0 spiro atoms. The Hall–Kier alpha value is -4.30. The summed E-state index contributed by atoms with van der Waals surface area (Å²) in [5.74, 6) is -1.90. The molecule has 1 aliphatic rings. The molecule has 3 heterocycles. The van der Waals surface area contributed by atoms with Crippen molar-refractivity contribution in [1.82, 2.24) is 19.5 Å². The van der Waals surface area contributed by atoms with E-state index in [1.807, 2.05) is 0 Å². The molecule has 0 amide bonds. The molecule has 1 fully saturated rings. The number of imidazole rings is 1. The van der Waals surface area contributed by atoms with Crippen LogP contribution < -0.4 is 5.73 Å². The summed E-state index contributed by atoms with van der Waals surface area (Å²) in [7, 11) is -5.98. The molecule has 13 nitrogen and oxygen atoms in total. The van der Waals surface area contributed by atoms with Crippen LogP contribution in [0.2, 0.25) is 0 Å². The van der Waals surface area contributed by atoms with Crippen LogP contribution in [-0.2, 0) is 18.8 Å². The molecule has 2 aromatic heterocycles. The molecule has 0 unspecified atom stereocenters. The monoisotopic (exact) mass is 589 g/mol. The highest BCUT2D eigenvalue weighted by Gasteiger charge is 2.58. The zero-order chi connectivity index (χ0) is 29.4. The van der Waals surface area contributed by atoms with Gasteiger partial charge in [-0.2, -0.15) is 8.78 Å². The average Bonchev–Trinajstić information content (AvgIpc) is 3.51. The Kier molecular flexibility index (Phi) is 7.53. The van der Waals surface area contributed by atoms with E-state index in [-0.39, 0.29) is 28.1 Å². The van der Waals surface area contributed by atoms with Crippen LogP contribution in [0.3, 0.4) is 0 Å². The molecule has 1 saturated heterocycles. The zero-order valence-corrected chi connectivity index (χ0v) is 21.8. The predicted molar refractivity (Wildman–Crippen MR) is 137 cm³/mol. The van der Waals surface area contributed by atoms with Crippen molar-refractivity contribution < 1.29 is 46.9 Å². The minimum Gasteiger partial charge on any atom is -0.452 e. The van der Waals surface area contributed by atoms with Crippen LogP contribution in [0.25, 0.3) is 11.2 Å². The van der Waals surface area contributed by atoms with Gasteiger partial charge in [0.15, 0.2) is 29.9 Å². The third kappa shape index (κ3) is 5.65. The van der Waals surface area contributed by atoms with Gasteiger partial charge in [-0.15, -0.1) is 0 Å². The number of nitrogens with two attached hydrogens (primary N) is 1. The molecule has 5 rings (SSSR count). The predicted octanol–water partition coefficient (Wildman–Crippen LogP) is 2.92. The maximum absolute atomic E-state index is 14.7. The highest BCUT2D eigenvalue weighted by Crippen LogP contribution is 2.56. The van der Waals surface area contributed by atoms with Crippen molar-refractivity contribution in [2.24, 2.45) is 0 Å². The van der Waals surface area contributed by atoms with Gasteiger partial charge in [-0.1, -0.05) is 36.4 Å². The zero-order valence-electron chi connectivity index (χ0n) is 20.9. The van der Waals surface area contributed by atoms with Gasteiger partial charge in [0.25, 0.3) is 0 Å². The van der Waals surface area contributed by atoms with Gasteiger partial charge in [-0.3, -0.25) is 9.13 Å². The van der Waals surface area contributed by atoms with E-state index in [0.717, 1.165) is 6.33 Å². The number of benzene rings is 2. The summed E-state index contributed by atoms with van der Waals surface area (Å²) in [4.78, 5) is 56.8. The van der Waals surface area contributed by atoms with Crippen molar-refractivity contribution in [3.63, 3.8) is 0 Å². The number of ether oxygens (including phenoxy) is 3. The number of carbonyl (C=O) groups excluding carboxylic acids is 2.